The fraction of sp³-hybridized carbons (Fsp3) is 0.0909. The smallest absolute Gasteiger partial charge is 0.270 e. The molecule has 0 atom stereocenters. The zero-order chi connectivity index (χ0) is 44.0. The number of halogens is 3. The molecule has 0 unspecified atom stereocenters. The third kappa shape index (κ3) is 6.10. The largest absolute Gasteiger partial charge is 0.322 e. The van der Waals surface area contributed by atoms with E-state index in [1.165, 1.54) is 55.2 Å². The van der Waals surface area contributed by atoms with Crippen molar-refractivity contribution in [2.45, 2.75) is 20.8 Å². The summed E-state index contributed by atoms with van der Waals surface area (Å²) in [7, 11) is 0. The molecule has 312 valence electrons. The molecule has 0 saturated heterocycles. The molecule has 0 bridgehead atoms. The molecule has 26 nitrogen and oxygen atoms in total. The van der Waals surface area contributed by atoms with Crippen molar-refractivity contribution in [1.82, 2.24) is 78.8 Å². The van der Waals surface area contributed by atoms with Crippen molar-refractivity contribution in [3.8, 4) is 45.0 Å². The molecule has 0 amide bonds. The Morgan fingerprint density at radius 2 is 1.00 bits per heavy atom. The molecule has 10 aromatic heterocycles. The van der Waals surface area contributed by atoms with Crippen LogP contribution >= 0.6 is 47.8 Å². The summed E-state index contributed by atoms with van der Waals surface area (Å²) in [5, 5.41) is 48.0. The van der Waals surface area contributed by atoms with Gasteiger partial charge < -0.3 is 0 Å². The van der Waals surface area contributed by atoms with Gasteiger partial charge >= 0.3 is 11.4 Å². The van der Waals surface area contributed by atoms with Crippen LogP contribution in [0.4, 0.5) is 11.4 Å². The van der Waals surface area contributed by atoms with Crippen LogP contribution in [-0.2, 0) is 0 Å². The first kappa shape index (κ1) is 39.8. The molecule has 0 radical (unpaired) electrons. The van der Waals surface area contributed by atoms with Gasteiger partial charge in [-0.2, -0.15) is 10.2 Å². The van der Waals surface area contributed by atoms with E-state index in [1.807, 2.05) is 0 Å². The van der Waals surface area contributed by atoms with E-state index in [9.17, 15) is 39.4 Å². The number of hydrogen-bond acceptors (Lipinski definition) is 14. The minimum absolute atomic E-state index is 0.0253. The first-order chi connectivity index (χ1) is 29.5. The van der Waals surface area contributed by atoms with Gasteiger partial charge in [-0.15, -0.1) is 0 Å². The standard InChI is InChI=1S/C18H14BrN9O4.C15H7Br2N9O4/c1-6-15-20-4-9(7(2)26(15)24-17(6)29)12-14(28(31)32)13(23-22-12)10-5-21-16-11(19)18(30)25-27(16)8(10)3;16-7-12-18-1-5(3-24(12)22-14(7)27)9-11(26(29)30)10(21-20-9)6-2-19-13-8(17)15(28)23-25(13)4-6/h4-5H,1-3H3,(H,22,23)(H,24,29)(H,25,30);1-4H,(H,20,21)(H,22,27)(H,23,28). The van der Waals surface area contributed by atoms with Crippen molar-refractivity contribution in [3.05, 3.63) is 129 Å². The van der Waals surface area contributed by atoms with Gasteiger partial charge in [0.1, 0.15) is 24.8 Å². The molecule has 0 aromatic carbocycles. The van der Waals surface area contributed by atoms with Crippen LogP contribution in [0.1, 0.15) is 17.0 Å². The van der Waals surface area contributed by atoms with Crippen LogP contribution in [0.5, 0.6) is 0 Å². The zero-order valence-electron chi connectivity index (χ0n) is 31.2. The van der Waals surface area contributed by atoms with Gasteiger partial charge in [-0.1, -0.05) is 0 Å². The number of nitrogens with zero attached hydrogens (tertiary/aromatic N) is 12. The summed E-state index contributed by atoms with van der Waals surface area (Å²) in [6.07, 6.45) is 8.62. The second kappa shape index (κ2) is 14.5. The number of rotatable bonds is 6. The minimum atomic E-state index is -0.578. The SMILES string of the molecule is Cc1c(=O)[nH]n2c(C)c(-c3[nH]nc(-c4cnc5c(Br)c(=O)[nH]n5c4C)c3[N+](=O)[O-])cnc12.O=c1[nH]n2cc(-c3n[nH]c(-c4cnc5c(Br)c(=O)[nH]n5c4)c3[N+](=O)[O-])cnc2c1Br. The van der Waals surface area contributed by atoms with Crippen molar-refractivity contribution in [2.75, 3.05) is 0 Å². The van der Waals surface area contributed by atoms with E-state index < -0.39 is 9.85 Å². The Labute approximate surface area is 363 Å². The molecule has 0 spiro atoms. The summed E-state index contributed by atoms with van der Waals surface area (Å²) in [5.74, 6) is 0. The Bertz CT molecular complexity index is 3570. The molecule has 6 N–H and O–H groups in total. The molecule has 62 heavy (non-hydrogen) atoms. The highest BCUT2D eigenvalue weighted by atomic mass is 79.9. The van der Waals surface area contributed by atoms with Crippen molar-refractivity contribution >= 4 is 81.8 Å². The minimum Gasteiger partial charge on any atom is -0.270 e. The summed E-state index contributed by atoms with van der Waals surface area (Å²) in [6.45, 7) is 5.05. The van der Waals surface area contributed by atoms with Gasteiger partial charge in [-0.05, 0) is 68.6 Å². The third-order valence-electron chi connectivity index (χ3n) is 9.82. The number of aryl methyl sites for hydroxylation is 3. The zero-order valence-corrected chi connectivity index (χ0v) is 36.0. The maximum absolute atomic E-state index is 12.1. The van der Waals surface area contributed by atoms with Gasteiger partial charge in [0.15, 0.2) is 34.0 Å². The van der Waals surface area contributed by atoms with Gasteiger partial charge in [-0.25, -0.2) is 38.0 Å². The normalized spacial score (nSPS) is 11.6. The van der Waals surface area contributed by atoms with Gasteiger partial charge in [0, 0.05) is 59.4 Å². The number of aromatic nitrogens is 16. The Hall–Kier alpha value is -7.66. The first-order valence-corrected chi connectivity index (χ1v) is 19.7. The average Bonchev–Trinajstić information content (AvgIpc) is 4.09. The lowest BCUT2D eigenvalue weighted by Gasteiger charge is -2.07. The van der Waals surface area contributed by atoms with E-state index in [2.05, 4.69) is 109 Å². The molecule has 0 aliphatic carbocycles. The average molecular weight is 1040 g/mol. The fourth-order valence-corrected chi connectivity index (χ4v) is 7.88. The summed E-state index contributed by atoms with van der Waals surface area (Å²) in [5.41, 5.74) is 2.64. The van der Waals surface area contributed by atoms with Crippen molar-refractivity contribution in [2.24, 2.45) is 0 Å². The van der Waals surface area contributed by atoms with Crippen LogP contribution < -0.4 is 22.2 Å². The quantitative estimate of drug-likeness (QED) is 0.102. The monoisotopic (exact) mass is 1030 g/mol. The van der Waals surface area contributed by atoms with Gasteiger partial charge in [-0.3, -0.25) is 70.0 Å². The lowest BCUT2D eigenvalue weighted by molar-refractivity contribution is -0.383. The van der Waals surface area contributed by atoms with Gasteiger partial charge in [0.05, 0.1) is 26.8 Å². The Morgan fingerprint density at radius 1 is 0.548 bits per heavy atom. The fourth-order valence-electron chi connectivity index (χ4n) is 6.75. The molecule has 29 heteroatoms. The highest BCUT2D eigenvalue weighted by Crippen LogP contribution is 2.39. The maximum atomic E-state index is 12.1. The Balaban J connectivity index is 0.000000158. The third-order valence-corrected chi connectivity index (χ3v) is 12.0. The molecule has 0 saturated carbocycles. The highest BCUT2D eigenvalue weighted by Gasteiger charge is 2.31. The Kier molecular flexibility index (Phi) is 9.31. The topological polar surface area (TPSA) is 344 Å². The van der Waals surface area contributed by atoms with Crippen molar-refractivity contribution < 1.29 is 9.85 Å². The van der Waals surface area contributed by atoms with E-state index >= 15 is 0 Å². The van der Waals surface area contributed by atoms with Gasteiger partial charge in [0.2, 0.25) is 0 Å². The molecule has 0 aliphatic heterocycles. The van der Waals surface area contributed by atoms with Crippen molar-refractivity contribution in [3.63, 3.8) is 0 Å². The summed E-state index contributed by atoms with van der Waals surface area (Å²) >= 11 is 9.45. The lowest BCUT2D eigenvalue weighted by Crippen LogP contribution is -2.05. The van der Waals surface area contributed by atoms with E-state index in [-0.39, 0.29) is 69.8 Å². The first-order valence-electron chi connectivity index (χ1n) is 17.4. The molecular formula is C33H21Br3N18O8. The van der Waals surface area contributed by atoms with Crippen LogP contribution in [0.2, 0.25) is 0 Å². The molecule has 0 aliphatic rings. The van der Waals surface area contributed by atoms with Crippen LogP contribution in [0.15, 0.2) is 69.8 Å². The summed E-state index contributed by atoms with van der Waals surface area (Å²) in [4.78, 5) is 87.1. The number of nitrogens with one attached hydrogen (secondary N) is 6. The predicted molar refractivity (Wildman–Crippen MR) is 227 cm³/mol. The number of H-pyrrole nitrogens is 6. The van der Waals surface area contributed by atoms with Gasteiger partial charge in [0.25, 0.3) is 22.2 Å². The van der Waals surface area contributed by atoms with E-state index in [1.54, 1.807) is 20.8 Å². The molecule has 10 rings (SSSR count). The van der Waals surface area contributed by atoms with Crippen LogP contribution in [0, 0.1) is 41.0 Å². The molecular weight excluding hydrogens is 1020 g/mol. The second-order valence-corrected chi connectivity index (χ2v) is 15.7. The predicted octanol–water partition coefficient (Wildman–Crippen LogP) is 3.86. The molecule has 10 heterocycles. The number of fused-ring (bicyclic) bond motifs is 4. The van der Waals surface area contributed by atoms with E-state index in [0.717, 1.165) is 0 Å². The summed E-state index contributed by atoms with van der Waals surface area (Å²) in [6, 6.07) is 0. The number of hydrogen-bond donors (Lipinski definition) is 6. The number of nitro groups is 2. The Morgan fingerprint density at radius 3 is 1.65 bits per heavy atom. The van der Waals surface area contributed by atoms with Crippen LogP contribution in [0.3, 0.4) is 0 Å². The molecule has 0 fully saturated rings. The van der Waals surface area contributed by atoms with Crippen molar-refractivity contribution in [1.29, 1.82) is 0 Å². The highest BCUT2D eigenvalue weighted by molar-refractivity contribution is 9.11. The van der Waals surface area contributed by atoms with Crippen LogP contribution in [0.25, 0.3) is 67.6 Å². The number of aromatic amines is 6. The van der Waals surface area contributed by atoms with E-state index in [0.29, 0.717) is 61.8 Å². The molecule has 10 aromatic rings. The maximum Gasteiger partial charge on any atom is 0.322 e. The summed E-state index contributed by atoms with van der Waals surface area (Å²) < 4.78 is 6.37. The van der Waals surface area contributed by atoms with Crippen LogP contribution in [-0.4, -0.2) is 88.6 Å². The van der Waals surface area contributed by atoms with E-state index in [4.69, 9.17) is 0 Å². The second-order valence-electron chi connectivity index (χ2n) is 13.3. The lowest BCUT2D eigenvalue weighted by atomic mass is 10.1.